The smallest absolute Gasteiger partial charge is 0.421 e. The summed E-state index contributed by atoms with van der Waals surface area (Å²) in [6.45, 7) is 3.12. The molecule has 0 N–H and O–H groups in total. The zero-order valence-corrected chi connectivity index (χ0v) is 23.1. The summed E-state index contributed by atoms with van der Waals surface area (Å²) in [5.74, 6) is 0.130. The zero-order chi connectivity index (χ0) is 24.7. The standard InChI is InChI=1S/C25H22FN6O2S.Na/c1-16(2)35(33,34)30-24-11-19(17-4-7-21(26)8-5-17)12-25(29-24)32-15-27-22-10-18(6-9-23(22)32)20-13-28-31(3)14-20;/h4-16H,1-3H3;/q-1;+1. The molecule has 5 aromatic rings. The molecule has 0 aliphatic rings. The first kappa shape index (κ1) is 26.0. The van der Waals surface area contributed by atoms with Crippen molar-refractivity contribution in [3.63, 3.8) is 0 Å². The van der Waals surface area contributed by atoms with Crippen LogP contribution < -0.4 is 29.6 Å². The third kappa shape index (κ3) is 5.22. The van der Waals surface area contributed by atoms with Gasteiger partial charge in [0.25, 0.3) is 0 Å². The van der Waals surface area contributed by atoms with E-state index in [0.29, 0.717) is 16.9 Å². The molecule has 0 spiro atoms. The van der Waals surface area contributed by atoms with Crippen LogP contribution in [0.2, 0.25) is 0 Å². The number of fused-ring (bicyclic) bond motifs is 1. The zero-order valence-electron chi connectivity index (χ0n) is 20.3. The van der Waals surface area contributed by atoms with Crippen molar-refractivity contribution >= 4 is 26.9 Å². The van der Waals surface area contributed by atoms with E-state index in [1.165, 1.54) is 12.1 Å². The fourth-order valence-corrected chi connectivity index (χ4v) is 4.23. The van der Waals surface area contributed by atoms with Crippen LogP contribution in [0.15, 0.2) is 73.3 Å². The van der Waals surface area contributed by atoms with Crippen molar-refractivity contribution in [3.8, 4) is 28.1 Å². The number of rotatable bonds is 6. The number of hydrogen-bond acceptors (Lipinski definition) is 5. The maximum atomic E-state index is 13.5. The number of hydrogen-bond donors (Lipinski definition) is 0. The molecule has 0 radical (unpaired) electrons. The maximum Gasteiger partial charge on any atom is 1.00 e. The minimum Gasteiger partial charge on any atom is -0.421 e. The Labute approximate surface area is 230 Å². The average molecular weight is 513 g/mol. The van der Waals surface area contributed by atoms with Gasteiger partial charge in [-0.05, 0) is 66.7 Å². The first-order valence-corrected chi connectivity index (χ1v) is 12.4. The van der Waals surface area contributed by atoms with Crippen LogP contribution in [0.5, 0.6) is 0 Å². The summed E-state index contributed by atoms with van der Waals surface area (Å²) >= 11 is 0. The van der Waals surface area contributed by atoms with Gasteiger partial charge in [-0.3, -0.25) is 4.68 Å². The molecule has 8 nitrogen and oxygen atoms in total. The van der Waals surface area contributed by atoms with Crippen molar-refractivity contribution in [2.45, 2.75) is 19.1 Å². The fourth-order valence-electron chi connectivity index (χ4n) is 3.66. The summed E-state index contributed by atoms with van der Waals surface area (Å²) in [7, 11) is -1.89. The summed E-state index contributed by atoms with van der Waals surface area (Å²) in [5, 5.41) is 3.53. The molecule has 0 fully saturated rings. The molecule has 5 rings (SSSR count). The third-order valence-corrected chi connectivity index (χ3v) is 7.26. The number of imidazole rings is 1. The van der Waals surface area contributed by atoms with Gasteiger partial charge in [0.05, 0.1) is 22.5 Å². The van der Waals surface area contributed by atoms with Gasteiger partial charge in [0, 0.05) is 24.6 Å². The van der Waals surface area contributed by atoms with E-state index in [4.69, 9.17) is 0 Å². The topological polar surface area (TPSA) is 96.8 Å². The van der Waals surface area contributed by atoms with Crippen LogP contribution in [0.1, 0.15) is 13.8 Å². The van der Waals surface area contributed by atoms with E-state index < -0.39 is 15.3 Å². The number of pyridine rings is 1. The number of nitrogens with zero attached hydrogens (tertiary/aromatic N) is 6. The summed E-state index contributed by atoms with van der Waals surface area (Å²) < 4.78 is 45.9. The molecule has 0 saturated carbocycles. The number of aryl methyl sites for hydroxylation is 1. The van der Waals surface area contributed by atoms with Gasteiger partial charge in [0.15, 0.2) is 10.0 Å². The van der Waals surface area contributed by atoms with E-state index >= 15 is 0 Å². The molecule has 2 aromatic carbocycles. The van der Waals surface area contributed by atoms with Crippen LogP contribution in [-0.4, -0.2) is 38.0 Å². The Bertz CT molecular complexity index is 1650. The van der Waals surface area contributed by atoms with Gasteiger partial charge in [-0.25, -0.2) is 17.8 Å². The third-order valence-electron chi connectivity index (χ3n) is 5.62. The first-order chi connectivity index (χ1) is 16.7. The monoisotopic (exact) mass is 512 g/mol. The van der Waals surface area contributed by atoms with E-state index in [9.17, 15) is 12.8 Å². The number of benzene rings is 2. The summed E-state index contributed by atoms with van der Waals surface area (Å²) in [5.41, 5.74) is 4.84. The molecule has 178 valence electrons. The van der Waals surface area contributed by atoms with Crippen molar-refractivity contribution in [2.75, 3.05) is 0 Å². The average Bonchev–Trinajstić information content (AvgIpc) is 3.44. The van der Waals surface area contributed by atoms with E-state index in [-0.39, 0.29) is 41.2 Å². The molecule has 0 bridgehead atoms. The van der Waals surface area contributed by atoms with Crippen molar-refractivity contribution in [2.24, 2.45) is 7.05 Å². The Kier molecular flexibility index (Phi) is 7.33. The van der Waals surface area contributed by atoms with Crippen LogP contribution in [0, 0.1) is 5.82 Å². The largest absolute Gasteiger partial charge is 1.00 e. The van der Waals surface area contributed by atoms with Gasteiger partial charge in [0.2, 0.25) is 0 Å². The van der Waals surface area contributed by atoms with Crippen molar-refractivity contribution < 1.29 is 42.4 Å². The first-order valence-electron chi connectivity index (χ1n) is 10.9. The molecule has 0 aliphatic carbocycles. The summed E-state index contributed by atoms with van der Waals surface area (Å²) in [6.07, 6.45) is 5.35. The molecule has 0 unspecified atom stereocenters. The minimum atomic E-state index is -3.75. The maximum absolute atomic E-state index is 13.5. The summed E-state index contributed by atoms with van der Waals surface area (Å²) in [6, 6.07) is 15.2. The van der Waals surface area contributed by atoms with Crippen molar-refractivity contribution in [3.05, 3.63) is 83.9 Å². The number of aromatic nitrogens is 5. The van der Waals surface area contributed by atoms with E-state index in [1.807, 2.05) is 31.4 Å². The molecular formula is C25H22FN6NaO2S. The van der Waals surface area contributed by atoms with Gasteiger partial charge in [-0.15, -0.1) is 0 Å². The van der Waals surface area contributed by atoms with Crippen LogP contribution in [0.3, 0.4) is 0 Å². The van der Waals surface area contributed by atoms with Gasteiger partial charge in [0.1, 0.15) is 12.1 Å². The second kappa shape index (κ2) is 10.1. The Morgan fingerprint density at radius 2 is 1.67 bits per heavy atom. The van der Waals surface area contributed by atoms with Crippen LogP contribution >= 0.6 is 0 Å². The van der Waals surface area contributed by atoms with E-state index in [2.05, 4.69) is 19.8 Å². The second-order valence-electron chi connectivity index (χ2n) is 8.45. The quantitative estimate of drug-likeness (QED) is 0.326. The predicted molar refractivity (Wildman–Crippen MR) is 134 cm³/mol. The minimum absolute atomic E-state index is 0. The van der Waals surface area contributed by atoms with Gasteiger partial charge in [-0.2, -0.15) is 5.10 Å². The molecular weight excluding hydrogens is 490 g/mol. The van der Waals surface area contributed by atoms with Crippen LogP contribution in [0.25, 0.3) is 43.8 Å². The molecule has 3 heterocycles. The fraction of sp³-hybridized carbons (Fsp3) is 0.160. The molecule has 0 saturated heterocycles. The van der Waals surface area contributed by atoms with Crippen molar-refractivity contribution in [1.82, 2.24) is 24.3 Å². The predicted octanol–water partition coefficient (Wildman–Crippen LogP) is 2.37. The van der Waals surface area contributed by atoms with Gasteiger partial charge >= 0.3 is 29.6 Å². The number of sulfonamides is 1. The molecule has 0 atom stereocenters. The van der Waals surface area contributed by atoms with E-state index in [0.717, 1.165) is 22.2 Å². The van der Waals surface area contributed by atoms with Gasteiger partial charge < -0.3 is 14.3 Å². The Balaban J connectivity index is 0.00000304. The molecule has 0 aliphatic heterocycles. The second-order valence-corrected chi connectivity index (χ2v) is 10.6. The van der Waals surface area contributed by atoms with Crippen LogP contribution in [0.4, 0.5) is 10.2 Å². The number of halogens is 1. The van der Waals surface area contributed by atoms with Crippen LogP contribution in [-0.2, 0) is 17.1 Å². The molecule has 11 heteroatoms. The Morgan fingerprint density at radius 1 is 0.944 bits per heavy atom. The molecule has 3 aromatic heterocycles. The molecule has 0 amide bonds. The van der Waals surface area contributed by atoms with Crippen molar-refractivity contribution in [1.29, 1.82) is 0 Å². The Morgan fingerprint density at radius 3 is 2.33 bits per heavy atom. The van der Waals surface area contributed by atoms with E-state index in [1.54, 1.807) is 59.9 Å². The Hall–Kier alpha value is -3.05. The molecule has 36 heavy (non-hydrogen) atoms. The summed E-state index contributed by atoms with van der Waals surface area (Å²) in [4.78, 5) is 9.04. The normalized spacial score (nSPS) is 11.6. The SMILES string of the molecule is CC(C)S(=O)(=O)[N-]c1cc(-c2ccc(F)cc2)cc(-n2cnc3cc(-c4cnn(C)c4)ccc32)n1.[Na+]. The van der Waals surface area contributed by atoms with Gasteiger partial charge in [-0.1, -0.05) is 24.3 Å².